The van der Waals surface area contributed by atoms with Crippen LogP contribution in [0.2, 0.25) is 0 Å². The number of rotatable bonds is 4. The minimum absolute atomic E-state index is 0.0426. The number of fused-ring (bicyclic) bond motifs is 3. The second-order valence-electron chi connectivity index (χ2n) is 6.37. The quantitative estimate of drug-likeness (QED) is 0.234. The summed E-state index contributed by atoms with van der Waals surface area (Å²) < 4.78 is 6.51. The highest BCUT2D eigenvalue weighted by Gasteiger charge is 2.20. The molecule has 3 N–H and O–H groups in total. The third-order valence-electron chi connectivity index (χ3n) is 4.58. The molecule has 4 rings (SSSR count). The zero-order valence-electron chi connectivity index (χ0n) is 15.5. The van der Waals surface area contributed by atoms with Gasteiger partial charge in [0.05, 0.1) is 29.1 Å². The van der Waals surface area contributed by atoms with Gasteiger partial charge < -0.3 is 20.4 Å². The molecule has 0 amide bonds. The van der Waals surface area contributed by atoms with E-state index in [-0.39, 0.29) is 16.8 Å². The number of methoxy groups -OCH3 is 1. The Kier molecular flexibility index (Phi) is 4.23. The van der Waals surface area contributed by atoms with E-state index in [2.05, 4.69) is 15.3 Å². The number of nitrogens with one attached hydrogen (secondary N) is 1. The number of nitrogens with zero attached hydrogens (tertiary/aromatic N) is 4. The van der Waals surface area contributed by atoms with E-state index in [1.54, 1.807) is 25.2 Å². The SMILES string of the molecule is COc1cc2c(cc1[N+](=O)[O-])c(=O)n(C)c1cnc(Nc3cccc(N)c3)nc21. The van der Waals surface area contributed by atoms with E-state index in [1.165, 1.54) is 30.0 Å². The topological polar surface area (TPSA) is 138 Å². The van der Waals surface area contributed by atoms with Gasteiger partial charge in [-0.3, -0.25) is 14.9 Å². The molecule has 0 spiro atoms. The van der Waals surface area contributed by atoms with Crippen molar-refractivity contribution < 1.29 is 9.66 Å². The number of aromatic nitrogens is 3. The Hall–Kier alpha value is -4.21. The molecular weight excluding hydrogens is 376 g/mol. The van der Waals surface area contributed by atoms with E-state index >= 15 is 0 Å². The van der Waals surface area contributed by atoms with E-state index in [9.17, 15) is 14.9 Å². The predicted octanol–water partition coefficient (Wildman–Crippen LogP) is 2.72. The molecule has 4 aromatic rings. The number of nitrogen functional groups attached to an aromatic ring is 1. The second kappa shape index (κ2) is 6.75. The Morgan fingerprint density at radius 1 is 1.24 bits per heavy atom. The lowest BCUT2D eigenvalue weighted by atomic mass is 10.1. The monoisotopic (exact) mass is 392 g/mol. The van der Waals surface area contributed by atoms with Gasteiger partial charge in [0.25, 0.3) is 5.56 Å². The fourth-order valence-electron chi connectivity index (χ4n) is 3.16. The molecular formula is C19H16N6O4. The number of aryl methyl sites for hydroxylation is 1. The smallest absolute Gasteiger partial charge is 0.311 e. The molecule has 0 bridgehead atoms. The van der Waals surface area contributed by atoms with Gasteiger partial charge in [-0.15, -0.1) is 0 Å². The van der Waals surface area contributed by atoms with Crippen LogP contribution >= 0.6 is 0 Å². The van der Waals surface area contributed by atoms with Crippen molar-refractivity contribution in [2.24, 2.45) is 7.05 Å². The Bertz CT molecular complexity index is 1350. The number of hydrogen-bond donors (Lipinski definition) is 2. The zero-order chi connectivity index (χ0) is 20.7. The van der Waals surface area contributed by atoms with Crippen LogP contribution in [-0.4, -0.2) is 26.6 Å². The van der Waals surface area contributed by atoms with E-state index in [0.29, 0.717) is 33.7 Å². The van der Waals surface area contributed by atoms with Crippen molar-refractivity contribution in [1.29, 1.82) is 0 Å². The molecule has 2 aromatic heterocycles. The number of nitro benzene ring substituents is 1. The minimum Gasteiger partial charge on any atom is -0.490 e. The van der Waals surface area contributed by atoms with Crippen LogP contribution in [-0.2, 0) is 7.05 Å². The molecule has 146 valence electrons. The summed E-state index contributed by atoms with van der Waals surface area (Å²) in [4.78, 5) is 32.3. The molecule has 10 heteroatoms. The van der Waals surface area contributed by atoms with Crippen LogP contribution in [0, 0.1) is 10.1 Å². The zero-order valence-corrected chi connectivity index (χ0v) is 15.5. The Labute approximate surface area is 163 Å². The molecule has 2 aromatic carbocycles. The van der Waals surface area contributed by atoms with Gasteiger partial charge in [0.2, 0.25) is 5.95 Å². The maximum Gasteiger partial charge on any atom is 0.311 e. The number of hydrogen-bond acceptors (Lipinski definition) is 8. The van der Waals surface area contributed by atoms with Crippen LogP contribution in [0.25, 0.3) is 21.8 Å². The van der Waals surface area contributed by atoms with E-state index in [0.717, 1.165) is 0 Å². The molecule has 2 heterocycles. The Morgan fingerprint density at radius 2 is 2.03 bits per heavy atom. The van der Waals surface area contributed by atoms with Crippen LogP contribution in [0.15, 0.2) is 47.4 Å². The summed E-state index contributed by atoms with van der Waals surface area (Å²) in [5, 5.41) is 15.0. The predicted molar refractivity (Wildman–Crippen MR) is 110 cm³/mol. The van der Waals surface area contributed by atoms with Crippen molar-refractivity contribution in [1.82, 2.24) is 14.5 Å². The molecule has 0 saturated carbocycles. The lowest BCUT2D eigenvalue weighted by Crippen LogP contribution is -2.18. The molecule has 0 saturated heterocycles. The Balaban J connectivity index is 1.99. The lowest BCUT2D eigenvalue weighted by Gasteiger charge is -2.11. The largest absolute Gasteiger partial charge is 0.490 e. The molecule has 0 aliphatic heterocycles. The van der Waals surface area contributed by atoms with Crippen molar-refractivity contribution in [2.45, 2.75) is 0 Å². The summed E-state index contributed by atoms with van der Waals surface area (Å²) in [5.74, 6) is 0.335. The van der Waals surface area contributed by atoms with Crippen molar-refractivity contribution >= 4 is 44.8 Å². The van der Waals surface area contributed by atoms with Crippen molar-refractivity contribution in [3.8, 4) is 5.75 Å². The molecule has 0 radical (unpaired) electrons. The van der Waals surface area contributed by atoms with Gasteiger partial charge in [-0.05, 0) is 24.3 Å². The second-order valence-corrected chi connectivity index (χ2v) is 6.37. The van der Waals surface area contributed by atoms with Crippen molar-refractivity contribution in [3.63, 3.8) is 0 Å². The van der Waals surface area contributed by atoms with Crippen LogP contribution in [0.4, 0.5) is 23.0 Å². The summed E-state index contributed by atoms with van der Waals surface area (Å²) in [7, 11) is 2.90. The highest BCUT2D eigenvalue weighted by molar-refractivity contribution is 6.05. The number of nitro groups is 1. The van der Waals surface area contributed by atoms with Gasteiger partial charge in [-0.2, -0.15) is 0 Å². The molecule has 10 nitrogen and oxygen atoms in total. The maximum atomic E-state index is 12.7. The molecule has 0 unspecified atom stereocenters. The van der Waals surface area contributed by atoms with E-state index in [1.807, 2.05) is 6.07 Å². The molecule has 0 fully saturated rings. The first-order valence-corrected chi connectivity index (χ1v) is 8.53. The van der Waals surface area contributed by atoms with Gasteiger partial charge >= 0.3 is 5.69 Å². The van der Waals surface area contributed by atoms with E-state index in [4.69, 9.17) is 10.5 Å². The first-order chi connectivity index (χ1) is 13.9. The summed E-state index contributed by atoms with van der Waals surface area (Å²) >= 11 is 0. The third-order valence-corrected chi connectivity index (χ3v) is 4.58. The highest BCUT2D eigenvalue weighted by atomic mass is 16.6. The number of nitrogens with two attached hydrogens (primary N) is 1. The first kappa shape index (κ1) is 18.2. The van der Waals surface area contributed by atoms with Crippen LogP contribution in [0.5, 0.6) is 5.75 Å². The van der Waals surface area contributed by atoms with Crippen molar-refractivity contribution in [2.75, 3.05) is 18.2 Å². The number of ether oxygens (including phenoxy) is 1. The normalized spacial score (nSPS) is 11.0. The minimum atomic E-state index is -0.589. The maximum absolute atomic E-state index is 12.7. The molecule has 0 aliphatic rings. The van der Waals surface area contributed by atoms with Gasteiger partial charge in [0, 0.05) is 29.9 Å². The highest BCUT2D eigenvalue weighted by Crippen LogP contribution is 2.33. The Morgan fingerprint density at radius 3 is 2.72 bits per heavy atom. The number of pyridine rings is 1. The fourth-order valence-corrected chi connectivity index (χ4v) is 3.16. The molecule has 0 aliphatic carbocycles. The van der Waals surface area contributed by atoms with Gasteiger partial charge in [0.1, 0.15) is 5.52 Å². The lowest BCUT2D eigenvalue weighted by molar-refractivity contribution is -0.385. The fraction of sp³-hybridized carbons (Fsp3) is 0.105. The number of benzene rings is 2. The van der Waals surface area contributed by atoms with Gasteiger partial charge in [-0.1, -0.05) is 6.07 Å². The third kappa shape index (κ3) is 3.06. The van der Waals surface area contributed by atoms with Gasteiger partial charge in [0.15, 0.2) is 5.75 Å². The van der Waals surface area contributed by atoms with Gasteiger partial charge in [-0.25, -0.2) is 9.97 Å². The number of anilines is 3. The molecule has 29 heavy (non-hydrogen) atoms. The van der Waals surface area contributed by atoms with E-state index < -0.39 is 10.5 Å². The summed E-state index contributed by atoms with van der Waals surface area (Å²) in [5.41, 5.74) is 7.34. The summed E-state index contributed by atoms with van der Waals surface area (Å²) in [6.07, 6.45) is 1.52. The van der Waals surface area contributed by atoms with Crippen LogP contribution in [0.1, 0.15) is 0 Å². The summed E-state index contributed by atoms with van der Waals surface area (Å²) in [6, 6.07) is 9.77. The van der Waals surface area contributed by atoms with Crippen LogP contribution < -0.4 is 21.3 Å². The average Bonchev–Trinajstić information content (AvgIpc) is 2.71. The standard InChI is InChI=1S/C19H16N6O4/c1-24-15-9-21-19(22-11-5-3-4-10(20)6-11)23-17(15)12-8-16(29-2)14(25(27)28)7-13(12)18(24)26/h3-9H,20H2,1-2H3,(H,21,22,23). The summed E-state index contributed by atoms with van der Waals surface area (Å²) in [6.45, 7) is 0. The van der Waals surface area contributed by atoms with Crippen LogP contribution in [0.3, 0.4) is 0 Å². The molecule has 0 atom stereocenters. The average molecular weight is 392 g/mol. The first-order valence-electron chi connectivity index (χ1n) is 8.53. The van der Waals surface area contributed by atoms with Crippen molar-refractivity contribution in [3.05, 3.63) is 63.1 Å².